The fourth-order valence-corrected chi connectivity index (χ4v) is 5.44. The Kier molecular flexibility index (Phi) is 5.24. The first-order valence-electron chi connectivity index (χ1n) is 11.3. The molecule has 7 heteroatoms. The van der Waals surface area contributed by atoms with E-state index in [-0.39, 0.29) is 40.7 Å². The summed E-state index contributed by atoms with van der Waals surface area (Å²) in [7, 11) is 0. The number of esters is 2. The fourth-order valence-electron chi connectivity index (χ4n) is 5.18. The highest BCUT2D eigenvalue weighted by Gasteiger charge is 2.60. The molecule has 6 rings (SSSR count). The van der Waals surface area contributed by atoms with Gasteiger partial charge in [-0.3, -0.25) is 4.98 Å². The number of halogens is 2. The summed E-state index contributed by atoms with van der Waals surface area (Å²) >= 11 is 6.48. The molecule has 0 saturated heterocycles. The highest BCUT2D eigenvalue weighted by molar-refractivity contribution is 6.34. The Morgan fingerprint density at radius 2 is 1.72 bits per heavy atom. The van der Waals surface area contributed by atoms with Crippen molar-refractivity contribution in [3.63, 3.8) is 0 Å². The summed E-state index contributed by atoms with van der Waals surface area (Å²) in [5.74, 6) is -0.784. The second-order valence-electron chi connectivity index (χ2n) is 9.07. The molecule has 5 nitrogen and oxygen atoms in total. The van der Waals surface area contributed by atoms with Crippen LogP contribution < -0.4 is 0 Å². The summed E-state index contributed by atoms with van der Waals surface area (Å²) in [6.07, 6.45) is 4.77. The van der Waals surface area contributed by atoms with Crippen LogP contribution in [0.15, 0.2) is 18.2 Å². The standard InChI is InChI=1S/C25H25ClFNO4/c1-3-31-23(29)19-18(16-8-7-15(27)9-17(16)26)20(24(30)32-4-2)22(25-10-13(11-25)12-25)28-21(19)14-5-6-14/h7-9,13-14H,3-6,10-12H2,1-2H3. The smallest absolute Gasteiger partial charge is 0.340 e. The second-order valence-corrected chi connectivity index (χ2v) is 9.48. The number of hydrogen-bond acceptors (Lipinski definition) is 5. The first kappa shape index (κ1) is 21.4. The van der Waals surface area contributed by atoms with Crippen LogP contribution in [0.1, 0.15) is 84.0 Å². The van der Waals surface area contributed by atoms with Crippen LogP contribution in [0.5, 0.6) is 0 Å². The Balaban J connectivity index is 1.86. The highest BCUT2D eigenvalue weighted by Crippen LogP contribution is 2.66. The van der Waals surface area contributed by atoms with Gasteiger partial charge in [-0.1, -0.05) is 11.6 Å². The fraction of sp³-hybridized carbons (Fsp3) is 0.480. The van der Waals surface area contributed by atoms with E-state index in [1.165, 1.54) is 18.2 Å². The van der Waals surface area contributed by atoms with Crippen LogP contribution in [0.2, 0.25) is 5.02 Å². The number of nitrogens with zero attached hydrogens (tertiary/aromatic N) is 1. The number of aromatic nitrogens is 1. The zero-order valence-corrected chi connectivity index (χ0v) is 18.9. The molecule has 168 valence electrons. The number of benzene rings is 1. The van der Waals surface area contributed by atoms with Gasteiger partial charge in [-0.2, -0.15) is 0 Å². The highest BCUT2D eigenvalue weighted by atomic mass is 35.5. The van der Waals surface area contributed by atoms with Crippen molar-refractivity contribution < 1.29 is 23.5 Å². The van der Waals surface area contributed by atoms with Crippen LogP contribution in [-0.4, -0.2) is 30.1 Å². The lowest BCUT2D eigenvalue weighted by atomic mass is 9.42. The van der Waals surface area contributed by atoms with E-state index in [4.69, 9.17) is 26.1 Å². The van der Waals surface area contributed by atoms with Gasteiger partial charge in [0.05, 0.1) is 40.8 Å². The largest absolute Gasteiger partial charge is 0.462 e. The minimum Gasteiger partial charge on any atom is -0.462 e. The molecule has 0 aliphatic heterocycles. The molecule has 4 fully saturated rings. The maximum Gasteiger partial charge on any atom is 0.340 e. The predicted octanol–water partition coefficient (Wildman–Crippen LogP) is 5.82. The number of carbonyl (C=O) groups excluding carboxylic acids is 2. The van der Waals surface area contributed by atoms with E-state index in [0.717, 1.165) is 32.1 Å². The van der Waals surface area contributed by atoms with Crippen molar-refractivity contribution in [2.45, 2.75) is 57.3 Å². The Morgan fingerprint density at radius 3 is 2.22 bits per heavy atom. The van der Waals surface area contributed by atoms with Gasteiger partial charge in [0.15, 0.2) is 0 Å². The normalized spacial score (nSPS) is 23.2. The molecule has 0 N–H and O–H groups in total. The first-order chi connectivity index (χ1) is 15.4. The topological polar surface area (TPSA) is 65.5 Å². The van der Waals surface area contributed by atoms with Gasteiger partial charge < -0.3 is 9.47 Å². The van der Waals surface area contributed by atoms with E-state index >= 15 is 0 Å². The monoisotopic (exact) mass is 457 g/mol. The SMILES string of the molecule is CCOC(=O)c1c(C2CC2)nc(C23CC(C2)C3)c(C(=O)OCC)c1-c1ccc(F)cc1Cl. The van der Waals surface area contributed by atoms with Crippen molar-refractivity contribution in [2.75, 3.05) is 13.2 Å². The maximum absolute atomic E-state index is 13.9. The molecule has 1 aromatic carbocycles. The minimum absolute atomic E-state index is 0.123. The van der Waals surface area contributed by atoms with Crippen LogP contribution in [0, 0.1) is 11.7 Å². The molecule has 32 heavy (non-hydrogen) atoms. The Morgan fingerprint density at radius 1 is 1.09 bits per heavy atom. The second kappa shape index (κ2) is 7.84. The quantitative estimate of drug-likeness (QED) is 0.490. The van der Waals surface area contributed by atoms with Crippen LogP contribution in [0.3, 0.4) is 0 Å². The number of carbonyl (C=O) groups is 2. The lowest BCUT2D eigenvalue weighted by Crippen LogP contribution is -2.56. The van der Waals surface area contributed by atoms with Crippen molar-refractivity contribution in [1.82, 2.24) is 4.98 Å². The lowest BCUT2D eigenvalue weighted by molar-refractivity contribution is -0.0320. The summed E-state index contributed by atoms with van der Waals surface area (Å²) < 4.78 is 24.7. The third-order valence-corrected chi connectivity index (χ3v) is 7.20. The molecular formula is C25H25ClFNO4. The maximum atomic E-state index is 13.9. The molecule has 0 unspecified atom stereocenters. The van der Waals surface area contributed by atoms with E-state index in [9.17, 15) is 14.0 Å². The van der Waals surface area contributed by atoms with E-state index in [1.807, 2.05) is 0 Å². The molecule has 0 radical (unpaired) electrons. The molecule has 2 aromatic rings. The average molecular weight is 458 g/mol. The van der Waals surface area contributed by atoms with Crippen molar-refractivity contribution in [1.29, 1.82) is 0 Å². The van der Waals surface area contributed by atoms with Crippen molar-refractivity contribution >= 4 is 23.5 Å². The summed E-state index contributed by atoms with van der Waals surface area (Å²) in [6.45, 7) is 3.84. The molecule has 0 spiro atoms. The predicted molar refractivity (Wildman–Crippen MR) is 118 cm³/mol. The first-order valence-corrected chi connectivity index (χ1v) is 11.6. The third kappa shape index (κ3) is 3.31. The van der Waals surface area contributed by atoms with E-state index in [2.05, 4.69) is 0 Å². The summed E-state index contributed by atoms with van der Waals surface area (Å²) in [4.78, 5) is 31.6. The molecule has 4 saturated carbocycles. The third-order valence-electron chi connectivity index (χ3n) is 6.89. The lowest BCUT2D eigenvalue weighted by Gasteiger charge is -2.61. The van der Waals surface area contributed by atoms with Gasteiger partial charge in [0.25, 0.3) is 0 Å². The van der Waals surface area contributed by atoms with Gasteiger partial charge in [0.2, 0.25) is 0 Å². The molecule has 0 amide bonds. The average Bonchev–Trinajstić information content (AvgIpc) is 3.50. The van der Waals surface area contributed by atoms with Gasteiger partial charge >= 0.3 is 11.9 Å². The Hall–Kier alpha value is -2.47. The van der Waals surface area contributed by atoms with E-state index in [1.54, 1.807) is 13.8 Å². The molecule has 4 aliphatic carbocycles. The van der Waals surface area contributed by atoms with Crippen molar-refractivity contribution in [2.24, 2.45) is 5.92 Å². The molecule has 1 heterocycles. The molecule has 2 bridgehead atoms. The summed E-state index contributed by atoms with van der Waals surface area (Å²) in [6, 6.07) is 3.99. The van der Waals surface area contributed by atoms with Crippen molar-refractivity contribution in [3.05, 3.63) is 51.6 Å². The van der Waals surface area contributed by atoms with Gasteiger partial charge in [-0.05, 0) is 70.1 Å². The van der Waals surface area contributed by atoms with Crippen LogP contribution in [0.4, 0.5) is 4.39 Å². The number of ether oxygens (including phenoxy) is 2. The van der Waals surface area contributed by atoms with Crippen LogP contribution in [-0.2, 0) is 14.9 Å². The van der Waals surface area contributed by atoms with E-state index in [0.29, 0.717) is 28.4 Å². The zero-order valence-electron chi connectivity index (χ0n) is 18.2. The van der Waals surface area contributed by atoms with Gasteiger partial charge in [-0.15, -0.1) is 0 Å². The van der Waals surface area contributed by atoms with Gasteiger partial charge in [0.1, 0.15) is 5.82 Å². The summed E-state index contributed by atoms with van der Waals surface area (Å²) in [5, 5.41) is 0.123. The van der Waals surface area contributed by atoms with Gasteiger partial charge in [-0.25, -0.2) is 14.0 Å². The number of rotatable bonds is 7. The molecule has 1 aromatic heterocycles. The summed E-state index contributed by atoms with van der Waals surface area (Å²) in [5.41, 5.74) is 2.49. The van der Waals surface area contributed by atoms with E-state index < -0.39 is 17.8 Å². The van der Waals surface area contributed by atoms with Gasteiger partial charge in [0, 0.05) is 22.5 Å². The molecular weight excluding hydrogens is 433 g/mol. The van der Waals surface area contributed by atoms with Crippen molar-refractivity contribution in [3.8, 4) is 11.1 Å². The minimum atomic E-state index is -0.549. The zero-order chi connectivity index (χ0) is 22.6. The van der Waals surface area contributed by atoms with Crippen LogP contribution in [0.25, 0.3) is 11.1 Å². The number of pyridine rings is 1. The van der Waals surface area contributed by atoms with Crippen LogP contribution >= 0.6 is 11.6 Å². The molecule has 0 atom stereocenters. The Bertz CT molecular complexity index is 1110. The molecule has 4 aliphatic rings. The number of hydrogen-bond donors (Lipinski definition) is 0. The Labute approximate surface area is 191 Å².